The first-order valence-corrected chi connectivity index (χ1v) is 8.24. The van der Waals surface area contributed by atoms with Crippen molar-refractivity contribution in [3.8, 4) is 0 Å². The molecule has 1 aromatic heterocycles. The van der Waals surface area contributed by atoms with E-state index in [1.54, 1.807) is 17.3 Å². The lowest BCUT2D eigenvalue weighted by Gasteiger charge is -2.30. The number of nitrogens with zero attached hydrogens (tertiary/aromatic N) is 3. The van der Waals surface area contributed by atoms with Gasteiger partial charge in [-0.15, -0.1) is 0 Å². The molecule has 0 spiro atoms. The van der Waals surface area contributed by atoms with Crippen LogP contribution in [-0.2, 0) is 19.1 Å². The topological polar surface area (TPSA) is 72.0 Å². The van der Waals surface area contributed by atoms with Crippen LogP contribution in [0.2, 0.25) is 0 Å². The van der Waals surface area contributed by atoms with Crippen LogP contribution < -0.4 is 0 Å². The van der Waals surface area contributed by atoms with Crippen molar-refractivity contribution in [2.45, 2.75) is 5.92 Å². The zero-order valence-corrected chi connectivity index (χ0v) is 13.9. The van der Waals surface area contributed by atoms with Gasteiger partial charge in [0.1, 0.15) is 6.61 Å². The van der Waals surface area contributed by atoms with Crippen LogP contribution >= 0.6 is 0 Å². The van der Waals surface area contributed by atoms with Crippen LogP contribution in [0.4, 0.5) is 0 Å². The fourth-order valence-electron chi connectivity index (χ4n) is 3.42. The molecule has 3 rings (SSSR count). The van der Waals surface area contributed by atoms with Crippen LogP contribution in [0.15, 0.2) is 24.5 Å². The molecular formula is C17H23N3O4. The molecule has 7 heteroatoms. The van der Waals surface area contributed by atoms with Crippen LogP contribution in [0.25, 0.3) is 0 Å². The first-order valence-electron chi connectivity index (χ1n) is 8.24. The van der Waals surface area contributed by atoms with E-state index in [-0.39, 0.29) is 30.3 Å². The van der Waals surface area contributed by atoms with Crippen molar-refractivity contribution in [2.75, 3.05) is 53.1 Å². The van der Waals surface area contributed by atoms with Crippen LogP contribution in [0.1, 0.15) is 11.5 Å². The number of carbonyl (C=O) groups excluding carboxylic acids is 2. The number of aromatic nitrogens is 1. The van der Waals surface area contributed by atoms with Gasteiger partial charge in [-0.3, -0.25) is 14.6 Å². The van der Waals surface area contributed by atoms with E-state index < -0.39 is 0 Å². The molecule has 0 bridgehead atoms. The molecule has 7 nitrogen and oxygen atoms in total. The van der Waals surface area contributed by atoms with Crippen molar-refractivity contribution in [1.82, 2.24) is 14.8 Å². The Morgan fingerprint density at radius 1 is 1.29 bits per heavy atom. The Kier molecular flexibility index (Phi) is 5.42. The second-order valence-electron chi connectivity index (χ2n) is 6.17. The van der Waals surface area contributed by atoms with Crippen molar-refractivity contribution in [3.63, 3.8) is 0 Å². The molecule has 0 N–H and O–H groups in total. The predicted octanol–water partition coefficient (Wildman–Crippen LogP) is 0.129. The zero-order valence-electron chi connectivity index (χ0n) is 13.9. The zero-order chi connectivity index (χ0) is 16.9. The van der Waals surface area contributed by atoms with Crippen molar-refractivity contribution in [2.24, 2.45) is 5.92 Å². The van der Waals surface area contributed by atoms with Gasteiger partial charge in [0.25, 0.3) is 0 Å². The van der Waals surface area contributed by atoms with E-state index in [0.717, 1.165) is 5.56 Å². The lowest BCUT2D eigenvalue weighted by molar-refractivity contribution is -0.140. The van der Waals surface area contributed by atoms with Gasteiger partial charge in [0.15, 0.2) is 0 Å². The fourth-order valence-corrected chi connectivity index (χ4v) is 3.42. The largest absolute Gasteiger partial charge is 0.378 e. The third kappa shape index (κ3) is 3.57. The van der Waals surface area contributed by atoms with Gasteiger partial charge >= 0.3 is 0 Å². The number of pyridine rings is 1. The number of hydrogen-bond donors (Lipinski definition) is 0. The van der Waals surface area contributed by atoms with Gasteiger partial charge < -0.3 is 19.3 Å². The summed E-state index contributed by atoms with van der Waals surface area (Å²) in [6.45, 7) is 3.36. The molecule has 1 aromatic rings. The molecule has 24 heavy (non-hydrogen) atoms. The minimum Gasteiger partial charge on any atom is -0.378 e. The number of rotatable bonds is 4. The van der Waals surface area contributed by atoms with Crippen molar-refractivity contribution in [1.29, 1.82) is 0 Å². The predicted molar refractivity (Wildman–Crippen MR) is 86.3 cm³/mol. The number of likely N-dealkylation sites (tertiary alicyclic amines) is 1. The van der Waals surface area contributed by atoms with Gasteiger partial charge in [-0.1, -0.05) is 6.07 Å². The monoisotopic (exact) mass is 333 g/mol. The molecule has 0 aliphatic carbocycles. The van der Waals surface area contributed by atoms with Gasteiger partial charge in [0, 0.05) is 51.6 Å². The maximum atomic E-state index is 13.0. The molecule has 2 aliphatic rings. The van der Waals surface area contributed by atoms with Crippen molar-refractivity contribution < 1.29 is 19.1 Å². The van der Waals surface area contributed by atoms with Crippen LogP contribution in [-0.4, -0.2) is 79.7 Å². The highest BCUT2D eigenvalue weighted by Crippen LogP contribution is 2.34. The Morgan fingerprint density at radius 2 is 2.08 bits per heavy atom. The molecule has 0 radical (unpaired) electrons. The molecule has 2 amide bonds. The first-order chi connectivity index (χ1) is 11.7. The van der Waals surface area contributed by atoms with E-state index in [1.165, 1.54) is 7.11 Å². The van der Waals surface area contributed by atoms with E-state index in [0.29, 0.717) is 39.4 Å². The Balaban J connectivity index is 1.79. The summed E-state index contributed by atoms with van der Waals surface area (Å²) in [5, 5.41) is 0. The molecule has 0 saturated carbocycles. The third-order valence-corrected chi connectivity index (χ3v) is 4.69. The Bertz CT molecular complexity index is 574. The van der Waals surface area contributed by atoms with Gasteiger partial charge in [0.2, 0.25) is 11.8 Å². The maximum absolute atomic E-state index is 13.0. The SMILES string of the molecule is COCC(=O)N1C[C@@H](C(=O)N2CCOCC2)[C@H](c2cccnc2)C1. The molecule has 3 heterocycles. The summed E-state index contributed by atoms with van der Waals surface area (Å²) >= 11 is 0. The summed E-state index contributed by atoms with van der Waals surface area (Å²) < 4.78 is 10.3. The van der Waals surface area contributed by atoms with E-state index >= 15 is 0 Å². The fraction of sp³-hybridized carbons (Fsp3) is 0.588. The number of ether oxygens (including phenoxy) is 2. The second kappa shape index (κ2) is 7.72. The summed E-state index contributed by atoms with van der Waals surface area (Å²) in [6.07, 6.45) is 3.50. The number of morpholine rings is 1. The average Bonchev–Trinajstić information content (AvgIpc) is 3.08. The lowest BCUT2D eigenvalue weighted by atomic mass is 9.89. The van der Waals surface area contributed by atoms with E-state index in [2.05, 4.69) is 4.98 Å². The molecule has 2 saturated heterocycles. The highest BCUT2D eigenvalue weighted by atomic mass is 16.5. The lowest BCUT2D eigenvalue weighted by Crippen LogP contribution is -2.45. The number of hydrogen-bond acceptors (Lipinski definition) is 5. The number of amides is 2. The normalized spacial score (nSPS) is 24.2. The Morgan fingerprint density at radius 3 is 2.75 bits per heavy atom. The van der Waals surface area contributed by atoms with Crippen molar-refractivity contribution >= 4 is 11.8 Å². The van der Waals surface area contributed by atoms with Crippen LogP contribution in [0.3, 0.4) is 0 Å². The van der Waals surface area contributed by atoms with Gasteiger partial charge in [-0.2, -0.15) is 0 Å². The molecule has 2 atom stereocenters. The summed E-state index contributed by atoms with van der Waals surface area (Å²) in [6, 6.07) is 3.84. The highest BCUT2D eigenvalue weighted by Gasteiger charge is 2.42. The molecule has 0 aromatic carbocycles. The summed E-state index contributed by atoms with van der Waals surface area (Å²) in [7, 11) is 1.50. The smallest absolute Gasteiger partial charge is 0.248 e. The Hall–Kier alpha value is -1.99. The quantitative estimate of drug-likeness (QED) is 0.783. The van der Waals surface area contributed by atoms with Gasteiger partial charge in [0.05, 0.1) is 19.1 Å². The molecule has 2 fully saturated rings. The number of carbonyl (C=O) groups is 2. The third-order valence-electron chi connectivity index (χ3n) is 4.69. The van der Waals surface area contributed by atoms with Crippen LogP contribution in [0.5, 0.6) is 0 Å². The van der Waals surface area contributed by atoms with Crippen LogP contribution in [0, 0.1) is 5.92 Å². The van der Waals surface area contributed by atoms with Crippen molar-refractivity contribution in [3.05, 3.63) is 30.1 Å². The average molecular weight is 333 g/mol. The highest BCUT2D eigenvalue weighted by molar-refractivity contribution is 5.84. The standard InChI is InChI=1S/C17H23N3O4/c1-23-12-16(21)20-10-14(13-3-2-4-18-9-13)15(11-20)17(22)19-5-7-24-8-6-19/h2-4,9,14-15H,5-8,10-12H2,1H3/t14-,15+/m0/s1. The molecular weight excluding hydrogens is 310 g/mol. The Labute approximate surface area is 141 Å². The first kappa shape index (κ1) is 16.9. The van der Waals surface area contributed by atoms with E-state index in [9.17, 15) is 9.59 Å². The second-order valence-corrected chi connectivity index (χ2v) is 6.17. The van der Waals surface area contributed by atoms with E-state index in [4.69, 9.17) is 9.47 Å². The van der Waals surface area contributed by atoms with E-state index in [1.807, 2.05) is 17.0 Å². The number of methoxy groups -OCH3 is 1. The maximum Gasteiger partial charge on any atom is 0.248 e. The van der Waals surface area contributed by atoms with Gasteiger partial charge in [-0.25, -0.2) is 0 Å². The van der Waals surface area contributed by atoms with Gasteiger partial charge in [-0.05, 0) is 11.6 Å². The molecule has 0 unspecified atom stereocenters. The minimum absolute atomic E-state index is 0.0325. The molecule has 2 aliphatic heterocycles. The summed E-state index contributed by atoms with van der Waals surface area (Å²) in [4.78, 5) is 32.9. The summed E-state index contributed by atoms with van der Waals surface area (Å²) in [5.74, 6) is -0.258. The minimum atomic E-state index is -0.242. The summed E-state index contributed by atoms with van der Waals surface area (Å²) in [5.41, 5.74) is 0.997. The molecule has 130 valence electrons.